The lowest BCUT2D eigenvalue weighted by molar-refractivity contribution is -0.0594. The number of aliphatic hydroxyl groups excluding tert-OH is 1. The zero-order chi connectivity index (χ0) is 30.6. The Hall–Kier alpha value is -3.36. The number of aryl methyl sites for hydroxylation is 2. The molecule has 1 aliphatic rings. The molecule has 0 amide bonds. The Morgan fingerprint density at radius 3 is 2.35 bits per heavy atom. The van der Waals surface area contributed by atoms with Crippen LogP contribution in [0.5, 0.6) is 0 Å². The molecule has 6 rings (SSSR count). The number of halogens is 1. The smallest absolute Gasteiger partial charge is 0.140 e. The number of benzene rings is 3. The summed E-state index contributed by atoms with van der Waals surface area (Å²) in [7, 11) is 4.30. The molecule has 224 valence electrons. The monoisotopic (exact) mass is 614 g/mol. The first kappa shape index (κ1) is 29.7. The lowest BCUT2D eigenvalue weighted by Crippen LogP contribution is -2.44. The molecule has 3 heterocycles. The maximum Gasteiger partial charge on any atom is 0.140 e. The van der Waals surface area contributed by atoms with Crippen LogP contribution in [-0.4, -0.2) is 58.4 Å². The zero-order valence-electron chi connectivity index (χ0n) is 25.7. The van der Waals surface area contributed by atoms with Crippen molar-refractivity contribution in [1.29, 1.82) is 0 Å². The van der Waals surface area contributed by atoms with Crippen LogP contribution < -0.4 is 4.90 Å². The quantitative estimate of drug-likeness (QED) is 0.194. The number of aromatic nitrogens is 2. The summed E-state index contributed by atoms with van der Waals surface area (Å²) in [4.78, 5) is 10.0. The fraction of sp³-hybridized carbons (Fsp3) is 0.343. The minimum absolute atomic E-state index is 0.0247. The molecule has 1 fully saturated rings. The Bertz CT molecular complexity index is 1830. The van der Waals surface area contributed by atoms with Crippen LogP contribution in [0.15, 0.2) is 67.1 Å². The van der Waals surface area contributed by atoms with Crippen molar-refractivity contribution in [2.75, 3.05) is 38.1 Å². The molecule has 1 saturated heterocycles. The van der Waals surface area contributed by atoms with Gasteiger partial charge < -0.3 is 24.2 Å². The number of piperazine rings is 1. The van der Waals surface area contributed by atoms with Gasteiger partial charge in [-0.15, -0.1) is 11.3 Å². The predicted octanol–water partition coefficient (Wildman–Crippen LogP) is 8.76. The van der Waals surface area contributed by atoms with E-state index in [1.54, 1.807) is 11.3 Å². The molecular formula is C35H39ClN4O2S. The molecule has 8 heteroatoms. The van der Waals surface area contributed by atoms with E-state index >= 15 is 0 Å². The van der Waals surface area contributed by atoms with Crippen molar-refractivity contribution in [2.45, 2.75) is 39.4 Å². The highest BCUT2D eigenvalue weighted by Gasteiger charge is 2.30. The Labute approximate surface area is 262 Å². The maximum atomic E-state index is 10.8. The predicted molar refractivity (Wildman–Crippen MR) is 182 cm³/mol. The third-order valence-corrected chi connectivity index (χ3v) is 9.55. The molecule has 0 unspecified atom stereocenters. The summed E-state index contributed by atoms with van der Waals surface area (Å²) in [5, 5.41) is 13.7. The van der Waals surface area contributed by atoms with Gasteiger partial charge in [0.1, 0.15) is 16.9 Å². The van der Waals surface area contributed by atoms with Gasteiger partial charge in [0.15, 0.2) is 0 Å². The van der Waals surface area contributed by atoms with E-state index in [1.807, 2.05) is 52.0 Å². The van der Waals surface area contributed by atoms with Gasteiger partial charge >= 0.3 is 0 Å². The molecule has 0 aliphatic carbocycles. The van der Waals surface area contributed by atoms with Crippen molar-refractivity contribution < 1.29 is 9.84 Å². The second-order valence-corrected chi connectivity index (χ2v) is 14.0. The van der Waals surface area contributed by atoms with Gasteiger partial charge in [0.25, 0.3) is 0 Å². The summed E-state index contributed by atoms with van der Waals surface area (Å²) in [6.07, 6.45) is 1.55. The van der Waals surface area contributed by atoms with E-state index in [9.17, 15) is 5.11 Å². The minimum atomic E-state index is -0.701. The third-order valence-electron chi connectivity index (χ3n) is 8.16. The van der Waals surface area contributed by atoms with Crippen molar-refractivity contribution in [1.82, 2.24) is 14.5 Å². The van der Waals surface area contributed by atoms with Crippen LogP contribution in [0.2, 0.25) is 5.02 Å². The number of aliphatic hydroxyl groups is 1. The summed E-state index contributed by atoms with van der Waals surface area (Å²) in [6.45, 7) is 16.1. The Balaban J connectivity index is 1.53. The van der Waals surface area contributed by atoms with E-state index in [0.29, 0.717) is 5.02 Å². The van der Waals surface area contributed by atoms with Crippen molar-refractivity contribution in [3.63, 3.8) is 0 Å². The molecule has 43 heavy (non-hydrogen) atoms. The van der Waals surface area contributed by atoms with Crippen LogP contribution in [0.3, 0.4) is 0 Å². The van der Waals surface area contributed by atoms with Gasteiger partial charge in [0, 0.05) is 72.0 Å². The first-order valence-corrected chi connectivity index (χ1v) is 15.9. The van der Waals surface area contributed by atoms with E-state index in [2.05, 4.69) is 65.5 Å². The molecule has 1 N–H and O–H groups in total. The molecule has 0 saturated carbocycles. The average Bonchev–Trinajstić information content (AvgIpc) is 3.52. The average molecular weight is 615 g/mol. The van der Waals surface area contributed by atoms with Crippen LogP contribution >= 0.6 is 22.9 Å². The molecule has 5 aromatic rings. The lowest BCUT2D eigenvalue weighted by Gasteiger charge is -2.33. The van der Waals surface area contributed by atoms with Gasteiger partial charge in [-0.1, -0.05) is 30.3 Å². The molecule has 0 bridgehead atoms. The highest BCUT2D eigenvalue weighted by atomic mass is 35.5. The summed E-state index contributed by atoms with van der Waals surface area (Å²) in [6, 6.07) is 16.6. The highest BCUT2D eigenvalue weighted by Crippen LogP contribution is 2.46. The van der Waals surface area contributed by atoms with Gasteiger partial charge in [-0.25, -0.2) is 4.98 Å². The highest BCUT2D eigenvalue weighted by molar-refractivity contribution is 7.22. The summed E-state index contributed by atoms with van der Waals surface area (Å²) in [5.41, 5.74) is 7.84. The topological polar surface area (TPSA) is 53.8 Å². The van der Waals surface area contributed by atoms with Gasteiger partial charge in [0.2, 0.25) is 0 Å². The normalized spacial score (nSPS) is 15.5. The SMILES string of the molecule is C=C(O)[C@@H](OC(C)(C)C)c1c(C)cc2nc(-c3ccc4c(c3)c(N3CCN(C)CC3)cn4C)sc2c1-c1ccc(Cl)cc1. The van der Waals surface area contributed by atoms with Crippen LogP contribution in [0.4, 0.5) is 5.69 Å². The number of hydrogen-bond acceptors (Lipinski definition) is 6. The molecular weight excluding hydrogens is 576 g/mol. The molecule has 1 atom stereocenters. The molecule has 1 aliphatic heterocycles. The molecule has 3 aromatic carbocycles. The number of anilines is 1. The van der Waals surface area contributed by atoms with Gasteiger partial charge in [-0.3, -0.25) is 0 Å². The number of nitrogens with zero attached hydrogens (tertiary/aromatic N) is 4. The Kier molecular flexibility index (Phi) is 7.80. The van der Waals surface area contributed by atoms with E-state index < -0.39 is 11.7 Å². The van der Waals surface area contributed by atoms with Gasteiger partial charge in [-0.05, 0) is 82.3 Å². The fourth-order valence-corrected chi connectivity index (χ4v) is 7.27. The van der Waals surface area contributed by atoms with Crippen LogP contribution in [-0.2, 0) is 11.8 Å². The number of thiazole rings is 1. The molecule has 6 nitrogen and oxygen atoms in total. The Morgan fingerprint density at radius 1 is 1.02 bits per heavy atom. The summed E-state index contributed by atoms with van der Waals surface area (Å²) >= 11 is 7.97. The van der Waals surface area contributed by atoms with Crippen molar-refractivity contribution in [3.8, 4) is 21.7 Å². The number of ether oxygens (including phenoxy) is 1. The maximum absolute atomic E-state index is 10.8. The number of hydrogen-bond donors (Lipinski definition) is 1. The van der Waals surface area contributed by atoms with Crippen molar-refractivity contribution in [2.24, 2.45) is 7.05 Å². The second kappa shape index (κ2) is 11.3. The first-order chi connectivity index (χ1) is 20.4. The third kappa shape index (κ3) is 5.79. The largest absolute Gasteiger partial charge is 0.510 e. The summed E-state index contributed by atoms with van der Waals surface area (Å²) in [5.74, 6) is -0.0247. The van der Waals surface area contributed by atoms with E-state index in [1.165, 1.54) is 16.6 Å². The van der Waals surface area contributed by atoms with E-state index in [0.717, 1.165) is 69.2 Å². The second-order valence-electron chi connectivity index (χ2n) is 12.6. The summed E-state index contributed by atoms with van der Waals surface area (Å²) < 4.78 is 9.67. The standard InChI is InChI=1S/C35H39ClN4O2S/c1-21-18-27-33(31(23-8-11-25(36)12-9-23)30(21)32(22(2)41)42-35(3,4)5)43-34(37-27)24-10-13-28-26(19-24)29(20-39(28)7)40-16-14-38(6)15-17-40/h8-13,18-20,32,41H,2,14-17H2,1,3-7H3/t32-/m1/s1. The molecule has 0 spiro atoms. The molecule has 0 radical (unpaired) electrons. The zero-order valence-corrected chi connectivity index (χ0v) is 27.3. The molecule has 2 aromatic heterocycles. The fourth-order valence-electron chi connectivity index (χ4n) is 6.03. The Morgan fingerprint density at radius 2 is 1.70 bits per heavy atom. The van der Waals surface area contributed by atoms with E-state index in [-0.39, 0.29) is 5.76 Å². The lowest BCUT2D eigenvalue weighted by atomic mass is 9.90. The van der Waals surface area contributed by atoms with Gasteiger partial charge in [-0.2, -0.15) is 0 Å². The number of rotatable bonds is 6. The van der Waals surface area contributed by atoms with Crippen LogP contribution in [0, 0.1) is 6.92 Å². The van der Waals surface area contributed by atoms with Gasteiger partial charge in [0.05, 0.1) is 21.5 Å². The number of likely N-dealkylation sites (N-methyl/N-ethyl adjacent to an activating group) is 1. The van der Waals surface area contributed by atoms with Crippen LogP contribution in [0.1, 0.15) is 38.0 Å². The number of fused-ring (bicyclic) bond motifs is 2. The van der Waals surface area contributed by atoms with Crippen molar-refractivity contribution >= 4 is 49.7 Å². The van der Waals surface area contributed by atoms with E-state index in [4.69, 9.17) is 21.3 Å². The van der Waals surface area contributed by atoms with Crippen LogP contribution in [0.25, 0.3) is 42.8 Å². The first-order valence-electron chi connectivity index (χ1n) is 14.7. The minimum Gasteiger partial charge on any atom is -0.510 e. The van der Waals surface area contributed by atoms with Crippen molar-refractivity contribution in [3.05, 3.63) is 83.2 Å².